The third-order valence-electron chi connectivity index (χ3n) is 2.53. The maximum atomic E-state index is 11.8. The highest BCUT2D eigenvalue weighted by atomic mass is 35.5. The Balaban J connectivity index is 1.81. The summed E-state index contributed by atoms with van der Waals surface area (Å²) in [5.74, 6) is -1.04. The number of hydrogen-bond donors (Lipinski definition) is 1. The first-order valence-corrected chi connectivity index (χ1v) is 7.61. The van der Waals surface area contributed by atoms with E-state index in [0.29, 0.717) is 11.6 Å². The number of carbonyl (C=O) groups is 2. The van der Waals surface area contributed by atoms with Gasteiger partial charge in [0.2, 0.25) is 0 Å². The van der Waals surface area contributed by atoms with E-state index in [4.69, 9.17) is 27.9 Å². The van der Waals surface area contributed by atoms with Gasteiger partial charge in [0.25, 0.3) is 5.91 Å². The molecule has 1 aromatic heterocycles. The van der Waals surface area contributed by atoms with Gasteiger partial charge in [-0.05, 0) is 29.6 Å². The van der Waals surface area contributed by atoms with Crippen LogP contribution >= 0.6 is 34.5 Å². The van der Waals surface area contributed by atoms with E-state index in [1.54, 1.807) is 0 Å². The zero-order valence-electron chi connectivity index (χ0n) is 10.8. The normalized spacial score (nSPS) is 10.2. The summed E-state index contributed by atoms with van der Waals surface area (Å²) in [7, 11) is 0. The van der Waals surface area contributed by atoms with Gasteiger partial charge in [-0.1, -0.05) is 29.3 Å². The van der Waals surface area contributed by atoms with Gasteiger partial charge in [-0.2, -0.15) is 0 Å². The molecular formula is C14H11Cl2NO3S. The van der Waals surface area contributed by atoms with Crippen LogP contribution < -0.4 is 5.32 Å². The number of nitrogens with one attached hydrogen (secondary N) is 1. The van der Waals surface area contributed by atoms with Crippen molar-refractivity contribution in [2.75, 3.05) is 6.61 Å². The average molecular weight is 344 g/mol. The van der Waals surface area contributed by atoms with E-state index in [9.17, 15) is 9.59 Å². The number of hydrogen-bond acceptors (Lipinski definition) is 4. The van der Waals surface area contributed by atoms with Crippen LogP contribution in [0.15, 0.2) is 35.7 Å². The number of carbonyl (C=O) groups excluding carboxylic acids is 2. The molecule has 0 aliphatic carbocycles. The molecule has 1 aromatic carbocycles. The monoisotopic (exact) mass is 343 g/mol. The van der Waals surface area contributed by atoms with Gasteiger partial charge in [-0.15, -0.1) is 11.3 Å². The van der Waals surface area contributed by atoms with Gasteiger partial charge in [0.15, 0.2) is 6.61 Å². The Bertz CT molecular complexity index is 644. The SMILES string of the molecule is O=C(COC(=O)c1ccc(Cl)cc1Cl)NCc1cccs1. The van der Waals surface area contributed by atoms with Gasteiger partial charge in [-0.25, -0.2) is 4.79 Å². The standard InChI is InChI=1S/C14H11Cl2NO3S/c15-9-3-4-11(12(16)6-9)14(19)20-8-13(18)17-7-10-2-1-5-21-10/h1-6H,7-8H2,(H,17,18). The van der Waals surface area contributed by atoms with E-state index in [0.717, 1.165) is 4.88 Å². The van der Waals surface area contributed by atoms with Gasteiger partial charge >= 0.3 is 5.97 Å². The van der Waals surface area contributed by atoms with Crippen molar-refractivity contribution in [1.82, 2.24) is 5.32 Å². The molecule has 2 rings (SSSR count). The third-order valence-corrected chi connectivity index (χ3v) is 3.95. The van der Waals surface area contributed by atoms with Gasteiger partial charge < -0.3 is 10.1 Å². The molecule has 1 heterocycles. The molecule has 7 heteroatoms. The van der Waals surface area contributed by atoms with Crippen LogP contribution in [-0.4, -0.2) is 18.5 Å². The first-order valence-electron chi connectivity index (χ1n) is 5.97. The number of rotatable bonds is 5. The van der Waals surface area contributed by atoms with Crippen LogP contribution in [0.2, 0.25) is 10.0 Å². The molecule has 4 nitrogen and oxygen atoms in total. The molecule has 2 aromatic rings. The Hall–Kier alpha value is -1.56. The van der Waals surface area contributed by atoms with E-state index >= 15 is 0 Å². The Morgan fingerprint density at radius 2 is 2.05 bits per heavy atom. The lowest BCUT2D eigenvalue weighted by Gasteiger charge is -2.07. The molecule has 1 N–H and O–H groups in total. The molecule has 0 fully saturated rings. The summed E-state index contributed by atoms with van der Waals surface area (Å²) in [6, 6.07) is 8.23. The number of esters is 1. The largest absolute Gasteiger partial charge is 0.452 e. The summed E-state index contributed by atoms with van der Waals surface area (Å²) in [5.41, 5.74) is 0.173. The number of benzene rings is 1. The Labute approximate surface area is 135 Å². The molecule has 110 valence electrons. The fourth-order valence-corrected chi connectivity index (χ4v) is 2.64. The highest BCUT2D eigenvalue weighted by Crippen LogP contribution is 2.21. The highest BCUT2D eigenvalue weighted by Gasteiger charge is 2.14. The Morgan fingerprint density at radius 3 is 2.71 bits per heavy atom. The van der Waals surface area contributed by atoms with E-state index < -0.39 is 5.97 Å². The zero-order chi connectivity index (χ0) is 15.2. The Kier molecular flexibility index (Phi) is 5.61. The summed E-state index contributed by atoms with van der Waals surface area (Å²) in [5, 5.41) is 5.18. The summed E-state index contributed by atoms with van der Waals surface area (Å²) < 4.78 is 4.91. The average Bonchev–Trinajstić information content (AvgIpc) is 2.95. The maximum Gasteiger partial charge on any atom is 0.340 e. The van der Waals surface area contributed by atoms with E-state index in [1.165, 1.54) is 29.5 Å². The van der Waals surface area contributed by atoms with Crippen LogP contribution in [0, 0.1) is 0 Å². The molecule has 21 heavy (non-hydrogen) atoms. The first kappa shape index (κ1) is 15.8. The van der Waals surface area contributed by atoms with Crippen molar-refractivity contribution in [1.29, 1.82) is 0 Å². The number of ether oxygens (including phenoxy) is 1. The third kappa shape index (κ3) is 4.74. The molecule has 0 unspecified atom stereocenters. The predicted molar refractivity (Wildman–Crippen MR) is 82.9 cm³/mol. The van der Waals surface area contributed by atoms with Crippen LogP contribution in [0.1, 0.15) is 15.2 Å². The summed E-state index contributed by atoms with van der Waals surface area (Å²) in [6.45, 7) is 0.0545. The van der Waals surface area contributed by atoms with Crippen LogP contribution in [0.3, 0.4) is 0 Å². The fraction of sp³-hybridized carbons (Fsp3) is 0.143. The second-order valence-corrected chi connectivity index (χ2v) is 5.93. The molecule has 0 aliphatic heterocycles. The first-order chi connectivity index (χ1) is 10.1. The van der Waals surface area contributed by atoms with Crippen LogP contribution in [0.4, 0.5) is 0 Å². The zero-order valence-corrected chi connectivity index (χ0v) is 13.1. The molecule has 0 atom stereocenters. The van der Waals surface area contributed by atoms with E-state index in [-0.39, 0.29) is 23.1 Å². The van der Waals surface area contributed by atoms with Crippen molar-refractivity contribution in [3.63, 3.8) is 0 Å². The minimum absolute atomic E-state index is 0.173. The lowest BCUT2D eigenvalue weighted by molar-refractivity contribution is -0.124. The second kappa shape index (κ2) is 7.45. The van der Waals surface area contributed by atoms with Crippen molar-refractivity contribution in [2.24, 2.45) is 0 Å². The summed E-state index contributed by atoms with van der Waals surface area (Å²) in [4.78, 5) is 24.4. The smallest absolute Gasteiger partial charge is 0.340 e. The molecule has 0 saturated heterocycles. The second-order valence-electron chi connectivity index (χ2n) is 4.06. The highest BCUT2D eigenvalue weighted by molar-refractivity contribution is 7.09. The van der Waals surface area contributed by atoms with Crippen molar-refractivity contribution < 1.29 is 14.3 Å². The van der Waals surface area contributed by atoms with Crippen molar-refractivity contribution in [3.05, 3.63) is 56.2 Å². The minimum Gasteiger partial charge on any atom is -0.452 e. The fourth-order valence-electron chi connectivity index (χ4n) is 1.51. The van der Waals surface area contributed by atoms with E-state index in [1.807, 2.05) is 17.5 Å². The van der Waals surface area contributed by atoms with Gasteiger partial charge in [0.05, 0.1) is 17.1 Å². The molecule has 0 aliphatic rings. The lowest BCUT2D eigenvalue weighted by Crippen LogP contribution is -2.28. The van der Waals surface area contributed by atoms with Crippen LogP contribution in [0.25, 0.3) is 0 Å². The number of thiophene rings is 1. The maximum absolute atomic E-state index is 11.8. The topological polar surface area (TPSA) is 55.4 Å². The van der Waals surface area contributed by atoms with E-state index in [2.05, 4.69) is 5.32 Å². The van der Waals surface area contributed by atoms with Crippen LogP contribution in [0.5, 0.6) is 0 Å². The van der Waals surface area contributed by atoms with Crippen molar-refractivity contribution in [2.45, 2.75) is 6.54 Å². The summed E-state index contributed by atoms with van der Waals surface area (Å²) in [6.07, 6.45) is 0. The van der Waals surface area contributed by atoms with Crippen molar-refractivity contribution >= 4 is 46.4 Å². The molecule has 0 saturated carbocycles. The molecule has 0 spiro atoms. The van der Waals surface area contributed by atoms with Gasteiger partial charge in [0.1, 0.15) is 0 Å². The quantitative estimate of drug-likeness (QED) is 0.845. The predicted octanol–water partition coefficient (Wildman–Crippen LogP) is 3.53. The van der Waals surface area contributed by atoms with Crippen LogP contribution in [-0.2, 0) is 16.1 Å². The lowest BCUT2D eigenvalue weighted by atomic mass is 10.2. The number of amides is 1. The molecule has 0 bridgehead atoms. The molecular weight excluding hydrogens is 333 g/mol. The van der Waals surface area contributed by atoms with Crippen molar-refractivity contribution in [3.8, 4) is 0 Å². The van der Waals surface area contributed by atoms with Gasteiger partial charge in [-0.3, -0.25) is 4.79 Å². The molecule has 1 amide bonds. The van der Waals surface area contributed by atoms with Gasteiger partial charge in [0, 0.05) is 9.90 Å². The Morgan fingerprint density at radius 1 is 1.24 bits per heavy atom. The molecule has 0 radical (unpaired) electrons. The minimum atomic E-state index is -0.664. The summed E-state index contributed by atoms with van der Waals surface area (Å²) >= 11 is 13.2. The number of halogens is 2.